The Kier molecular flexibility index (Phi) is 5.27. The number of rotatable bonds is 6. The van der Waals surface area contributed by atoms with Crippen molar-refractivity contribution in [1.29, 1.82) is 0 Å². The molecule has 2 N–H and O–H groups in total. The predicted octanol–water partition coefficient (Wildman–Crippen LogP) is -1.66. The van der Waals surface area contributed by atoms with Gasteiger partial charge in [-0.1, -0.05) is 0 Å². The van der Waals surface area contributed by atoms with Crippen LogP contribution in [0.2, 0.25) is 0 Å². The lowest BCUT2D eigenvalue weighted by Gasteiger charge is -2.19. The number of aryl methyl sites for hydroxylation is 1. The average molecular weight is 320 g/mol. The minimum atomic E-state index is -4.20. The Hall–Kier alpha value is -2.14. The Morgan fingerprint density at radius 3 is 2.10 bits per heavy atom. The highest BCUT2D eigenvalue weighted by atomic mass is 32.2. The van der Waals surface area contributed by atoms with Crippen LogP contribution in [-0.2, 0) is 36.1 Å². The molecule has 0 saturated heterocycles. The first-order valence-corrected chi connectivity index (χ1v) is 7.09. The van der Waals surface area contributed by atoms with Gasteiger partial charge in [-0.15, -0.1) is 0 Å². The summed E-state index contributed by atoms with van der Waals surface area (Å²) in [6.07, 6.45) is 1.17. The van der Waals surface area contributed by atoms with E-state index in [-0.39, 0.29) is 10.7 Å². The first-order chi connectivity index (χ1) is 9.72. The van der Waals surface area contributed by atoms with Crippen LogP contribution >= 0.6 is 0 Å². The predicted molar refractivity (Wildman–Crippen MR) is 70.4 cm³/mol. The number of hydrogen-bond donors (Lipinski definition) is 1. The van der Waals surface area contributed by atoms with Crippen LogP contribution in [0.25, 0.3) is 0 Å². The lowest BCUT2D eigenvalue weighted by molar-refractivity contribution is -0.143. The minimum absolute atomic E-state index is 0.239. The standard InChI is InChI=1S/C10H16N4O6S/c1-13-4-7(10(11)12-13)21(17,18)14(5-8(15)19-2)6-9(16)20-3/h4H,5-6H2,1-3H3,(H2,11,12). The molecule has 0 saturated carbocycles. The van der Waals surface area contributed by atoms with Gasteiger partial charge in [0.2, 0.25) is 10.0 Å². The Balaban J connectivity index is 3.19. The molecule has 0 atom stereocenters. The van der Waals surface area contributed by atoms with Crippen LogP contribution in [0.5, 0.6) is 0 Å². The zero-order valence-corrected chi connectivity index (χ0v) is 12.6. The van der Waals surface area contributed by atoms with Gasteiger partial charge < -0.3 is 15.2 Å². The summed E-state index contributed by atoms with van der Waals surface area (Å²) in [6.45, 7) is -1.30. The van der Waals surface area contributed by atoms with E-state index in [2.05, 4.69) is 14.6 Å². The van der Waals surface area contributed by atoms with Gasteiger partial charge >= 0.3 is 11.9 Å². The maximum absolute atomic E-state index is 12.4. The van der Waals surface area contributed by atoms with Crippen molar-refractivity contribution in [1.82, 2.24) is 14.1 Å². The number of sulfonamides is 1. The van der Waals surface area contributed by atoms with E-state index in [0.29, 0.717) is 4.31 Å². The number of aromatic nitrogens is 2. The van der Waals surface area contributed by atoms with Gasteiger partial charge in [-0.05, 0) is 0 Å². The molecule has 0 spiro atoms. The summed E-state index contributed by atoms with van der Waals surface area (Å²) >= 11 is 0. The van der Waals surface area contributed by atoms with Crippen LogP contribution in [-0.4, -0.2) is 61.8 Å². The molecule has 0 aliphatic heterocycles. The van der Waals surface area contributed by atoms with Crippen molar-refractivity contribution in [2.24, 2.45) is 7.05 Å². The summed E-state index contributed by atoms with van der Waals surface area (Å²) in [5.74, 6) is -1.90. The third-order valence-corrected chi connectivity index (χ3v) is 4.31. The molecule has 0 unspecified atom stereocenters. The molecule has 10 nitrogen and oxygen atoms in total. The maximum Gasteiger partial charge on any atom is 0.321 e. The molecule has 0 bridgehead atoms. The fourth-order valence-corrected chi connectivity index (χ4v) is 2.88. The number of carbonyl (C=O) groups is 2. The van der Waals surface area contributed by atoms with E-state index >= 15 is 0 Å². The van der Waals surface area contributed by atoms with Crippen molar-refractivity contribution < 1.29 is 27.5 Å². The number of nitrogens with zero attached hydrogens (tertiary/aromatic N) is 3. The third-order valence-electron chi connectivity index (χ3n) is 2.51. The monoisotopic (exact) mass is 320 g/mol. The summed E-state index contributed by atoms with van der Waals surface area (Å²) in [4.78, 5) is 22.3. The van der Waals surface area contributed by atoms with Gasteiger partial charge in [0.05, 0.1) is 14.2 Å². The topological polar surface area (TPSA) is 134 Å². The number of nitrogens with two attached hydrogens (primary N) is 1. The second kappa shape index (κ2) is 6.54. The molecule has 1 aromatic rings. The van der Waals surface area contributed by atoms with Gasteiger partial charge in [0, 0.05) is 13.2 Å². The maximum atomic E-state index is 12.4. The lowest BCUT2D eigenvalue weighted by Crippen LogP contribution is -2.40. The molecule has 1 heterocycles. The third kappa shape index (κ3) is 3.92. The highest BCUT2D eigenvalue weighted by Crippen LogP contribution is 2.20. The Labute approximate surface area is 121 Å². The summed E-state index contributed by atoms with van der Waals surface area (Å²) in [5, 5.41) is 3.71. The van der Waals surface area contributed by atoms with Gasteiger partial charge in [-0.25, -0.2) is 8.42 Å². The zero-order valence-electron chi connectivity index (χ0n) is 11.8. The van der Waals surface area contributed by atoms with E-state index in [1.54, 1.807) is 0 Å². The number of nitrogen functional groups attached to an aromatic ring is 1. The van der Waals surface area contributed by atoms with Crippen LogP contribution in [0.15, 0.2) is 11.1 Å². The summed E-state index contributed by atoms with van der Waals surface area (Å²) < 4.78 is 35.5. The Morgan fingerprint density at radius 2 is 1.76 bits per heavy atom. The van der Waals surface area contributed by atoms with Crippen molar-refractivity contribution >= 4 is 27.8 Å². The molecule has 1 rings (SSSR count). The Bertz CT molecular complexity index is 620. The lowest BCUT2D eigenvalue weighted by atomic mass is 10.6. The molecule has 11 heteroatoms. The van der Waals surface area contributed by atoms with E-state index in [0.717, 1.165) is 14.2 Å². The first kappa shape index (κ1) is 16.9. The minimum Gasteiger partial charge on any atom is -0.468 e. The van der Waals surface area contributed by atoms with Crippen LogP contribution in [0.3, 0.4) is 0 Å². The molecule has 0 aliphatic rings. The fraction of sp³-hybridized carbons (Fsp3) is 0.500. The second-order valence-electron chi connectivity index (χ2n) is 3.98. The largest absolute Gasteiger partial charge is 0.468 e. The molecule has 1 aromatic heterocycles. The molecule has 0 radical (unpaired) electrons. The van der Waals surface area contributed by atoms with E-state index in [1.165, 1.54) is 17.9 Å². The fourth-order valence-electron chi connectivity index (χ4n) is 1.46. The van der Waals surface area contributed by atoms with E-state index in [4.69, 9.17) is 5.73 Å². The molecule has 0 aromatic carbocycles. The SMILES string of the molecule is COC(=O)CN(CC(=O)OC)S(=O)(=O)c1cn(C)nc1N. The van der Waals surface area contributed by atoms with Crippen molar-refractivity contribution in [3.05, 3.63) is 6.20 Å². The van der Waals surface area contributed by atoms with Crippen molar-refractivity contribution in [2.45, 2.75) is 4.90 Å². The first-order valence-electron chi connectivity index (χ1n) is 5.65. The number of esters is 2. The van der Waals surface area contributed by atoms with E-state index in [9.17, 15) is 18.0 Å². The van der Waals surface area contributed by atoms with Gasteiger partial charge in [-0.3, -0.25) is 14.3 Å². The normalized spacial score (nSPS) is 11.4. The second-order valence-corrected chi connectivity index (χ2v) is 5.88. The quantitative estimate of drug-likeness (QED) is 0.615. The van der Waals surface area contributed by atoms with Crippen LogP contribution < -0.4 is 5.73 Å². The van der Waals surface area contributed by atoms with E-state index in [1.807, 2.05) is 0 Å². The molecule has 0 amide bonds. The van der Waals surface area contributed by atoms with E-state index < -0.39 is 35.1 Å². The molecular weight excluding hydrogens is 304 g/mol. The molecule has 21 heavy (non-hydrogen) atoms. The summed E-state index contributed by atoms with van der Waals surface area (Å²) in [7, 11) is -0.510. The van der Waals surface area contributed by atoms with Crippen LogP contribution in [0.4, 0.5) is 5.82 Å². The highest BCUT2D eigenvalue weighted by molar-refractivity contribution is 7.89. The van der Waals surface area contributed by atoms with Gasteiger partial charge in [0.1, 0.15) is 18.0 Å². The number of methoxy groups -OCH3 is 2. The number of hydrogen-bond acceptors (Lipinski definition) is 8. The summed E-state index contributed by atoms with van der Waals surface area (Å²) in [5.41, 5.74) is 5.52. The highest BCUT2D eigenvalue weighted by Gasteiger charge is 2.32. The molecular formula is C10H16N4O6S. The summed E-state index contributed by atoms with van der Waals surface area (Å²) in [6, 6.07) is 0. The van der Waals surface area contributed by atoms with Crippen molar-refractivity contribution in [3.63, 3.8) is 0 Å². The zero-order chi connectivity index (χ0) is 16.2. The molecule has 0 fully saturated rings. The Morgan fingerprint density at radius 1 is 1.29 bits per heavy atom. The molecule has 118 valence electrons. The number of ether oxygens (including phenoxy) is 2. The van der Waals surface area contributed by atoms with Crippen LogP contribution in [0.1, 0.15) is 0 Å². The van der Waals surface area contributed by atoms with Gasteiger partial charge in [0.15, 0.2) is 5.82 Å². The number of anilines is 1. The number of carbonyl (C=O) groups excluding carboxylic acids is 2. The van der Waals surface area contributed by atoms with Gasteiger partial charge in [0.25, 0.3) is 0 Å². The molecule has 0 aliphatic carbocycles. The smallest absolute Gasteiger partial charge is 0.321 e. The van der Waals surface area contributed by atoms with Crippen molar-refractivity contribution in [3.8, 4) is 0 Å². The van der Waals surface area contributed by atoms with Crippen LogP contribution in [0, 0.1) is 0 Å². The van der Waals surface area contributed by atoms with Crippen molar-refractivity contribution in [2.75, 3.05) is 33.0 Å². The average Bonchev–Trinajstić information content (AvgIpc) is 2.77. The van der Waals surface area contributed by atoms with Gasteiger partial charge in [-0.2, -0.15) is 9.40 Å².